The van der Waals surface area contributed by atoms with Gasteiger partial charge in [0.15, 0.2) is 0 Å². The van der Waals surface area contributed by atoms with Crippen LogP contribution in [0, 0.1) is 6.92 Å². The van der Waals surface area contributed by atoms with Crippen molar-refractivity contribution in [3.8, 4) is 5.88 Å². The van der Waals surface area contributed by atoms with Crippen LogP contribution in [0.2, 0.25) is 5.02 Å². The summed E-state index contributed by atoms with van der Waals surface area (Å²) in [6, 6.07) is 9.24. The Hall–Kier alpha value is -1.74. The first-order valence-electron chi connectivity index (χ1n) is 5.24. The third-order valence-corrected chi connectivity index (χ3v) is 2.63. The summed E-state index contributed by atoms with van der Waals surface area (Å²) >= 11 is 5.88. The van der Waals surface area contributed by atoms with Gasteiger partial charge in [0.25, 0.3) is 0 Å². The van der Waals surface area contributed by atoms with Crippen molar-refractivity contribution in [1.82, 2.24) is 4.98 Å². The van der Waals surface area contributed by atoms with Crippen LogP contribution in [0.25, 0.3) is 0 Å². The van der Waals surface area contributed by atoms with E-state index in [0.29, 0.717) is 23.2 Å². The van der Waals surface area contributed by atoms with Crippen LogP contribution in [-0.4, -0.2) is 4.98 Å². The molecule has 3 nitrogen and oxygen atoms in total. The van der Waals surface area contributed by atoms with Crippen LogP contribution in [0.4, 0.5) is 5.69 Å². The highest BCUT2D eigenvalue weighted by molar-refractivity contribution is 6.30. The number of hydrogen-bond donors (Lipinski definition) is 1. The molecule has 0 aliphatic carbocycles. The molecule has 0 aliphatic heterocycles. The molecule has 2 N–H and O–H groups in total. The van der Waals surface area contributed by atoms with Crippen molar-refractivity contribution >= 4 is 17.3 Å². The molecule has 0 amide bonds. The Morgan fingerprint density at radius 3 is 2.88 bits per heavy atom. The Bertz CT molecular complexity index is 529. The van der Waals surface area contributed by atoms with E-state index in [-0.39, 0.29) is 0 Å². The fraction of sp³-hybridized carbons (Fsp3) is 0.154. The molecule has 0 fully saturated rings. The van der Waals surface area contributed by atoms with Crippen LogP contribution >= 0.6 is 11.6 Å². The SMILES string of the molecule is Cc1cnc(OCc2cccc(Cl)c2)cc1N. The molecule has 0 radical (unpaired) electrons. The minimum absolute atomic E-state index is 0.427. The predicted molar refractivity (Wildman–Crippen MR) is 69.2 cm³/mol. The Morgan fingerprint density at radius 1 is 1.35 bits per heavy atom. The monoisotopic (exact) mass is 248 g/mol. The summed E-state index contributed by atoms with van der Waals surface area (Å²) in [6.45, 7) is 2.33. The van der Waals surface area contributed by atoms with E-state index in [2.05, 4.69) is 4.98 Å². The molecule has 0 saturated carbocycles. The van der Waals surface area contributed by atoms with Gasteiger partial charge in [-0.05, 0) is 30.2 Å². The first-order chi connectivity index (χ1) is 8.15. The van der Waals surface area contributed by atoms with Crippen LogP contribution in [-0.2, 0) is 6.61 Å². The number of nitrogen functional groups attached to an aromatic ring is 1. The lowest BCUT2D eigenvalue weighted by Crippen LogP contribution is -1.99. The number of pyridine rings is 1. The summed E-state index contributed by atoms with van der Waals surface area (Å²) in [7, 11) is 0. The molecule has 2 rings (SSSR count). The molecule has 1 aromatic heterocycles. The van der Waals surface area contributed by atoms with Gasteiger partial charge in [-0.25, -0.2) is 4.98 Å². The molecule has 1 aromatic carbocycles. The normalized spacial score (nSPS) is 10.2. The lowest BCUT2D eigenvalue weighted by atomic mass is 10.2. The molecule has 0 aliphatic rings. The molecule has 0 spiro atoms. The second kappa shape index (κ2) is 5.06. The van der Waals surface area contributed by atoms with E-state index in [9.17, 15) is 0 Å². The standard InChI is InChI=1S/C13H13ClN2O/c1-9-7-16-13(6-12(9)15)17-8-10-3-2-4-11(14)5-10/h2-7H,8H2,1H3,(H2,15,16). The summed E-state index contributed by atoms with van der Waals surface area (Å²) in [5.41, 5.74) is 8.40. The molecule has 0 unspecified atom stereocenters. The molecule has 0 atom stereocenters. The molecule has 4 heteroatoms. The van der Waals surface area contributed by atoms with Gasteiger partial charge in [0.05, 0.1) is 0 Å². The van der Waals surface area contributed by atoms with E-state index >= 15 is 0 Å². The summed E-state index contributed by atoms with van der Waals surface area (Å²) in [4.78, 5) is 4.14. The van der Waals surface area contributed by atoms with Crippen molar-refractivity contribution < 1.29 is 4.74 Å². The fourth-order valence-corrected chi connectivity index (χ4v) is 1.59. The van der Waals surface area contributed by atoms with Crippen molar-refractivity contribution in [3.05, 3.63) is 52.7 Å². The predicted octanol–water partition coefficient (Wildman–Crippen LogP) is 3.20. The lowest BCUT2D eigenvalue weighted by Gasteiger charge is -2.07. The molecule has 17 heavy (non-hydrogen) atoms. The summed E-state index contributed by atoms with van der Waals surface area (Å²) in [5.74, 6) is 0.521. The zero-order chi connectivity index (χ0) is 12.3. The number of nitrogens with two attached hydrogens (primary N) is 1. The van der Waals surface area contributed by atoms with E-state index in [0.717, 1.165) is 11.1 Å². The Morgan fingerprint density at radius 2 is 2.18 bits per heavy atom. The number of benzene rings is 1. The third-order valence-electron chi connectivity index (χ3n) is 2.40. The lowest BCUT2D eigenvalue weighted by molar-refractivity contribution is 0.294. The van der Waals surface area contributed by atoms with Gasteiger partial charge in [-0.15, -0.1) is 0 Å². The Kier molecular flexibility index (Phi) is 3.49. The minimum Gasteiger partial charge on any atom is -0.473 e. The van der Waals surface area contributed by atoms with Crippen molar-refractivity contribution in [2.24, 2.45) is 0 Å². The molecular formula is C13H13ClN2O. The van der Waals surface area contributed by atoms with Gasteiger partial charge in [-0.3, -0.25) is 0 Å². The maximum Gasteiger partial charge on any atom is 0.215 e. The number of aromatic nitrogens is 1. The molecular weight excluding hydrogens is 236 g/mol. The third kappa shape index (κ3) is 3.11. The fourth-order valence-electron chi connectivity index (χ4n) is 1.38. The van der Waals surface area contributed by atoms with E-state index < -0.39 is 0 Å². The summed E-state index contributed by atoms with van der Waals surface area (Å²) in [5, 5.41) is 0.697. The molecule has 0 saturated heterocycles. The molecule has 88 valence electrons. The zero-order valence-electron chi connectivity index (χ0n) is 9.48. The maximum absolute atomic E-state index is 5.88. The maximum atomic E-state index is 5.88. The largest absolute Gasteiger partial charge is 0.473 e. The molecule has 2 aromatic rings. The minimum atomic E-state index is 0.427. The highest BCUT2D eigenvalue weighted by Crippen LogP contribution is 2.17. The first kappa shape index (κ1) is 11.7. The number of hydrogen-bond acceptors (Lipinski definition) is 3. The Labute approximate surface area is 105 Å². The van der Waals surface area contributed by atoms with Gasteiger partial charge < -0.3 is 10.5 Å². The van der Waals surface area contributed by atoms with Crippen LogP contribution in [0.1, 0.15) is 11.1 Å². The average Bonchev–Trinajstić information content (AvgIpc) is 2.31. The topological polar surface area (TPSA) is 48.1 Å². The van der Waals surface area contributed by atoms with E-state index in [1.165, 1.54) is 0 Å². The van der Waals surface area contributed by atoms with E-state index in [4.69, 9.17) is 22.1 Å². The summed E-state index contributed by atoms with van der Waals surface area (Å²) < 4.78 is 5.53. The number of nitrogens with zero attached hydrogens (tertiary/aromatic N) is 1. The van der Waals surface area contributed by atoms with E-state index in [1.54, 1.807) is 12.3 Å². The highest BCUT2D eigenvalue weighted by Gasteiger charge is 2.00. The van der Waals surface area contributed by atoms with Crippen LogP contribution in [0.3, 0.4) is 0 Å². The van der Waals surface area contributed by atoms with Crippen molar-refractivity contribution in [3.63, 3.8) is 0 Å². The Balaban J connectivity index is 2.05. The number of rotatable bonds is 3. The number of anilines is 1. The van der Waals surface area contributed by atoms with Crippen LogP contribution in [0.5, 0.6) is 5.88 Å². The average molecular weight is 249 g/mol. The van der Waals surface area contributed by atoms with Gasteiger partial charge >= 0.3 is 0 Å². The molecule has 1 heterocycles. The number of halogens is 1. The highest BCUT2D eigenvalue weighted by atomic mass is 35.5. The van der Waals surface area contributed by atoms with Gasteiger partial charge in [0.1, 0.15) is 6.61 Å². The van der Waals surface area contributed by atoms with Crippen molar-refractivity contribution in [1.29, 1.82) is 0 Å². The summed E-state index contributed by atoms with van der Waals surface area (Å²) in [6.07, 6.45) is 1.70. The number of aryl methyl sites for hydroxylation is 1. The zero-order valence-corrected chi connectivity index (χ0v) is 10.2. The van der Waals surface area contributed by atoms with Crippen molar-refractivity contribution in [2.45, 2.75) is 13.5 Å². The van der Waals surface area contributed by atoms with Crippen molar-refractivity contribution in [2.75, 3.05) is 5.73 Å². The second-order valence-corrected chi connectivity index (χ2v) is 4.23. The van der Waals surface area contributed by atoms with E-state index in [1.807, 2.05) is 31.2 Å². The van der Waals surface area contributed by atoms with Gasteiger partial charge in [-0.2, -0.15) is 0 Å². The van der Waals surface area contributed by atoms with Gasteiger partial charge in [0.2, 0.25) is 5.88 Å². The number of ether oxygens (including phenoxy) is 1. The van der Waals surface area contributed by atoms with Gasteiger partial charge in [0, 0.05) is 23.0 Å². The smallest absolute Gasteiger partial charge is 0.215 e. The van der Waals surface area contributed by atoms with Gasteiger partial charge in [-0.1, -0.05) is 23.7 Å². The van der Waals surface area contributed by atoms with Crippen LogP contribution in [0.15, 0.2) is 36.5 Å². The van der Waals surface area contributed by atoms with Crippen LogP contribution < -0.4 is 10.5 Å². The quantitative estimate of drug-likeness (QED) is 0.907. The molecule has 0 bridgehead atoms. The first-order valence-corrected chi connectivity index (χ1v) is 5.62. The second-order valence-electron chi connectivity index (χ2n) is 3.80.